The number of hydrogen-bond donors (Lipinski definition) is 4. The number of aliphatic hydroxyl groups excluding tert-OH is 3. The fourth-order valence-electron chi connectivity index (χ4n) is 2.07. The van der Waals surface area contributed by atoms with Gasteiger partial charge in [-0.25, -0.2) is 9.18 Å². The van der Waals surface area contributed by atoms with E-state index >= 15 is 0 Å². The molecular weight excluding hydrogens is 308 g/mol. The Morgan fingerprint density at radius 3 is 2.61 bits per heavy atom. The number of halogens is 1. The molecule has 0 spiro atoms. The Labute approximate surface area is 130 Å². The van der Waals surface area contributed by atoms with Gasteiger partial charge in [0.2, 0.25) is 0 Å². The van der Waals surface area contributed by atoms with Crippen molar-refractivity contribution in [3.8, 4) is 0 Å². The molecule has 1 aromatic heterocycles. The van der Waals surface area contributed by atoms with Crippen LogP contribution in [0, 0.1) is 0 Å². The summed E-state index contributed by atoms with van der Waals surface area (Å²) in [5.74, 6) is 0. The number of hydrogen-bond acceptors (Lipinski definition) is 7. The van der Waals surface area contributed by atoms with E-state index in [2.05, 4.69) is 5.32 Å². The molecule has 2 aromatic rings. The third-order valence-electron chi connectivity index (χ3n) is 3.35. The van der Waals surface area contributed by atoms with Crippen LogP contribution in [0.4, 0.5) is 10.1 Å². The molecule has 0 aliphatic rings. The molecule has 0 aliphatic carbocycles. The van der Waals surface area contributed by atoms with Crippen molar-refractivity contribution >= 4 is 22.9 Å². The number of fused-ring (bicyclic) bond motifs is 1. The van der Waals surface area contributed by atoms with Gasteiger partial charge in [0, 0.05) is 23.2 Å². The van der Waals surface area contributed by atoms with Gasteiger partial charge in [0.05, 0.1) is 6.61 Å². The Balaban J connectivity index is 2.21. The minimum absolute atomic E-state index is 0.258. The van der Waals surface area contributed by atoms with Gasteiger partial charge in [0.15, 0.2) is 6.17 Å². The van der Waals surface area contributed by atoms with Crippen molar-refractivity contribution in [3.05, 3.63) is 40.8 Å². The van der Waals surface area contributed by atoms with Crippen molar-refractivity contribution < 1.29 is 28.9 Å². The number of aldehydes is 1. The van der Waals surface area contributed by atoms with Crippen LogP contribution in [0.5, 0.6) is 0 Å². The van der Waals surface area contributed by atoms with Gasteiger partial charge in [-0.3, -0.25) is 0 Å². The highest BCUT2D eigenvalue weighted by molar-refractivity contribution is 5.81. The predicted octanol–water partition coefficient (Wildman–Crippen LogP) is -0.175. The highest BCUT2D eigenvalue weighted by Gasteiger charge is 2.32. The normalized spacial score (nSPS) is 16.5. The zero-order chi connectivity index (χ0) is 17.0. The Bertz CT molecular complexity index is 733. The molecular formula is C15H16FNO6. The minimum Gasteiger partial charge on any atom is -0.423 e. The lowest BCUT2D eigenvalue weighted by Gasteiger charge is -2.25. The first kappa shape index (κ1) is 17.1. The monoisotopic (exact) mass is 324 g/mol. The van der Waals surface area contributed by atoms with Crippen molar-refractivity contribution in [1.29, 1.82) is 0 Å². The van der Waals surface area contributed by atoms with E-state index in [-0.39, 0.29) is 11.9 Å². The van der Waals surface area contributed by atoms with Crippen molar-refractivity contribution in [3.63, 3.8) is 0 Å². The van der Waals surface area contributed by atoms with E-state index in [1.165, 1.54) is 12.1 Å². The molecule has 0 aliphatic heterocycles. The van der Waals surface area contributed by atoms with Crippen LogP contribution in [0.2, 0.25) is 0 Å². The molecule has 8 heteroatoms. The highest BCUT2D eigenvalue weighted by Crippen LogP contribution is 2.19. The molecule has 0 amide bonds. The van der Waals surface area contributed by atoms with Crippen molar-refractivity contribution in [1.82, 2.24) is 0 Å². The summed E-state index contributed by atoms with van der Waals surface area (Å²) >= 11 is 0. The first-order valence-corrected chi connectivity index (χ1v) is 6.83. The van der Waals surface area contributed by atoms with Crippen molar-refractivity contribution in [2.24, 2.45) is 0 Å². The van der Waals surface area contributed by atoms with E-state index in [9.17, 15) is 24.2 Å². The quantitative estimate of drug-likeness (QED) is 0.412. The lowest BCUT2D eigenvalue weighted by molar-refractivity contribution is -0.113. The number of rotatable bonds is 7. The van der Waals surface area contributed by atoms with Crippen LogP contribution in [0.25, 0.3) is 11.0 Å². The van der Waals surface area contributed by atoms with Crippen molar-refractivity contribution in [2.45, 2.75) is 24.4 Å². The third-order valence-corrected chi connectivity index (χ3v) is 3.35. The van der Waals surface area contributed by atoms with E-state index < -0.39 is 36.7 Å². The predicted molar refractivity (Wildman–Crippen MR) is 80.0 cm³/mol. The van der Waals surface area contributed by atoms with Gasteiger partial charge >= 0.3 is 5.63 Å². The van der Waals surface area contributed by atoms with E-state index in [0.29, 0.717) is 11.1 Å². The number of benzene rings is 1. The van der Waals surface area contributed by atoms with Crippen LogP contribution in [-0.2, 0) is 4.79 Å². The molecule has 0 saturated heterocycles. The van der Waals surface area contributed by atoms with Gasteiger partial charge in [0.25, 0.3) is 0 Å². The number of nitrogens with one attached hydrogen (secondary N) is 1. The molecule has 124 valence electrons. The van der Waals surface area contributed by atoms with Crippen molar-refractivity contribution in [2.75, 3.05) is 11.9 Å². The lowest BCUT2D eigenvalue weighted by Crippen LogP contribution is -2.47. The van der Waals surface area contributed by atoms with Crippen LogP contribution in [0.3, 0.4) is 0 Å². The molecule has 2 rings (SSSR count). The summed E-state index contributed by atoms with van der Waals surface area (Å²) in [7, 11) is 0. The summed E-state index contributed by atoms with van der Waals surface area (Å²) in [4.78, 5) is 22.3. The summed E-state index contributed by atoms with van der Waals surface area (Å²) in [6.45, 7) is -0.884. The van der Waals surface area contributed by atoms with Gasteiger partial charge in [-0.2, -0.15) is 0 Å². The Hall–Kier alpha value is -2.29. The summed E-state index contributed by atoms with van der Waals surface area (Å²) in [5, 5.41) is 30.9. The standard InChI is InChI=1S/C15H16FNO6/c16-14(11(20)7-19)15(22)10(6-18)17-9-3-1-8-2-4-13(21)23-12(8)5-9/h1-6,10-11,14-15,17,19-20,22H,7H2/t10-,11+,14+,15+/m0/s1/i16-1. The van der Waals surface area contributed by atoms with E-state index in [4.69, 9.17) is 9.52 Å². The number of carbonyl (C=O) groups excluding carboxylic acids is 1. The molecule has 0 unspecified atom stereocenters. The second kappa shape index (κ2) is 7.32. The molecule has 23 heavy (non-hydrogen) atoms. The third kappa shape index (κ3) is 3.92. The maximum absolute atomic E-state index is 13.7. The van der Waals surface area contributed by atoms with E-state index in [1.807, 2.05) is 0 Å². The zero-order valence-electron chi connectivity index (χ0n) is 11.9. The summed E-state index contributed by atoms with van der Waals surface area (Å²) < 4.78 is 18.7. The largest absolute Gasteiger partial charge is 0.423 e. The maximum Gasteiger partial charge on any atom is 0.336 e. The fraction of sp³-hybridized carbons (Fsp3) is 0.333. The molecule has 4 N–H and O–H groups in total. The lowest BCUT2D eigenvalue weighted by atomic mass is 10.0. The first-order valence-electron chi connectivity index (χ1n) is 6.83. The summed E-state index contributed by atoms with van der Waals surface area (Å²) in [5.41, 5.74) is 0.0269. The molecule has 7 nitrogen and oxygen atoms in total. The molecule has 1 heterocycles. The molecule has 0 fully saturated rings. The summed E-state index contributed by atoms with van der Waals surface area (Å²) in [6, 6.07) is 6.06. The number of alkyl halides is 1. The van der Waals surface area contributed by atoms with Gasteiger partial charge in [-0.15, -0.1) is 0 Å². The zero-order valence-corrected chi connectivity index (χ0v) is 11.9. The van der Waals surface area contributed by atoms with Crippen LogP contribution in [-0.4, -0.2) is 52.6 Å². The van der Waals surface area contributed by atoms with Crippen LogP contribution < -0.4 is 10.9 Å². The summed E-state index contributed by atoms with van der Waals surface area (Å²) in [6.07, 6.45) is -5.59. The highest BCUT2D eigenvalue weighted by atomic mass is 18.2. The number of aliphatic hydroxyl groups is 3. The maximum atomic E-state index is 13.7. The second-order valence-electron chi connectivity index (χ2n) is 5.00. The second-order valence-corrected chi connectivity index (χ2v) is 5.00. The fourth-order valence-corrected chi connectivity index (χ4v) is 2.07. The van der Waals surface area contributed by atoms with Crippen LogP contribution in [0.1, 0.15) is 0 Å². The van der Waals surface area contributed by atoms with Gasteiger partial charge in [-0.1, -0.05) is 0 Å². The topological polar surface area (TPSA) is 120 Å². The van der Waals surface area contributed by atoms with Crippen LogP contribution >= 0.6 is 0 Å². The Morgan fingerprint density at radius 2 is 1.96 bits per heavy atom. The number of carbonyl (C=O) groups is 1. The van der Waals surface area contributed by atoms with Gasteiger partial charge in [-0.05, 0) is 18.2 Å². The Morgan fingerprint density at radius 1 is 1.26 bits per heavy atom. The van der Waals surface area contributed by atoms with E-state index in [0.717, 1.165) is 0 Å². The molecule has 1 aromatic carbocycles. The van der Waals surface area contributed by atoms with Gasteiger partial charge < -0.3 is 29.8 Å². The SMILES string of the molecule is O=C[C@H](Nc1ccc2ccc(=O)oc2c1)[C@@H](O)[C@H]([18F])[C@H](O)CO. The number of anilines is 1. The van der Waals surface area contributed by atoms with Gasteiger partial charge in [0.1, 0.15) is 30.1 Å². The molecule has 0 radical (unpaired) electrons. The first-order chi connectivity index (χ1) is 11.0. The molecule has 4 atom stereocenters. The average Bonchev–Trinajstić information content (AvgIpc) is 2.57. The molecule has 0 saturated carbocycles. The average molecular weight is 324 g/mol. The van der Waals surface area contributed by atoms with E-state index in [1.54, 1.807) is 18.2 Å². The van der Waals surface area contributed by atoms with Crippen LogP contribution in [0.15, 0.2) is 39.5 Å². The minimum atomic E-state index is -2.21. The smallest absolute Gasteiger partial charge is 0.336 e. The Kier molecular flexibility index (Phi) is 5.43. The molecule has 0 bridgehead atoms.